The summed E-state index contributed by atoms with van der Waals surface area (Å²) in [5.41, 5.74) is 0. The summed E-state index contributed by atoms with van der Waals surface area (Å²) < 4.78 is 5.27. The predicted molar refractivity (Wildman–Crippen MR) is 51.2 cm³/mol. The monoisotopic (exact) mass is 194 g/mol. The molecule has 0 aliphatic carbocycles. The molecule has 2 N–H and O–H groups in total. The smallest absolute Gasteiger partial charge is 0.129 e. The SMILES string of the molecule is CC(CC#N)NCc1ccc(CO)o1. The van der Waals surface area contributed by atoms with E-state index in [1.165, 1.54) is 0 Å². The van der Waals surface area contributed by atoms with Crippen molar-refractivity contribution in [3.63, 3.8) is 0 Å². The molecule has 0 radical (unpaired) electrons. The van der Waals surface area contributed by atoms with Crippen LogP contribution in [0.15, 0.2) is 16.5 Å². The van der Waals surface area contributed by atoms with Gasteiger partial charge in [-0.2, -0.15) is 5.26 Å². The molecule has 4 heteroatoms. The average Bonchev–Trinajstić information content (AvgIpc) is 2.63. The Morgan fingerprint density at radius 2 is 2.29 bits per heavy atom. The Labute approximate surface area is 83.2 Å². The fourth-order valence-corrected chi connectivity index (χ4v) is 1.09. The minimum absolute atomic E-state index is 0.0756. The molecule has 14 heavy (non-hydrogen) atoms. The van der Waals surface area contributed by atoms with E-state index in [1.807, 2.05) is 13.0 Å². The normalized spacial score (nSPS) is 12.4. The highest BCUT2D eigenvalue weighted by Gasteiger charge is 2.03. The Kier molecular flexibility index (Phi) is 4.17. The number of nitrogens with one attached hydrogen (secondary N) is 1. The lowest BCUT2D eigenvalue weighted by molar-refractivity contribution is 0.242. The molecular weight excluding hydrogens is 180 g/mol. The largest absolute Gasteiger partial charge is 0.462 e. The predicted octanol–water partition coefficient (Wildman–Crippen LogP) is 1.16. The lowest BCUT2D eigenvalue weighted by Crippen LogP contribution is -2.24. The first-order valence-electron chi connectivity index (χ1n) is 4.55. The van der Waals surface area contributed by atoms with Crippen molar-refractivity contribution in [1.82, 2.24) is 5.32 Å². The molecule has 0 saturated carbocycles. The number of hydrogen-bond acceptors (Lipinski definition) is 4. The standard InChI is InChI=1S/C10H14N2O2/c1-8(4-5-11)12-6-9-2-3-10(7-13)14-9/h2-3,8,12-13H,4,6-7H2,1H3. The molecule has 1 aromatic heterocycles. The first kappa shape index (κ1) is 10.8. The van der Waals surface area contributed by atoms with Crippen LogP contribution in [0.25, 0.3) is 0 Å². The molecule has 1 rings (SSSR count). The number of nitrogens with zero attached hydrogens (tertiary/aromatic N) is 1. The van der Waals surface area contributed by atoms with E-state index in [4.69, 9.17) is 14.8 Å². The summed E-state index contributed by atoms with van der Waals surface area (Å²) in [4.78, 5) is 0. The van der Waals surface area contributed by atoms with Gasteiger partial charge >= 0.3 is 0 Å². The number of furan rings is 1. The van der Waals surface area contributed by atoms with Crippen LogP contribution in [0.1, 0.15) is 24.9 Å². The van der Waals surface area contributed by atoms with Crippen molar-refractivity contribution in [2.45, 2.75) is 32.5 Å². The van der Waals surface area contributed by atoms with E-state index in [-0.39, 0.29) is 12.6 Å². The fourth-order valence-electron chi connectivity index (χ4n) is 1.09. The Balaban J connectivity index is 2.34. The van der Waals surface area contributed by atoms with Crippen molar-refractivity contribution in [1.29, 1.82) is 5.26 Å². The van der Waals surface area contributed by atoms with E-state index in [1.54, 1.807) is 6.07 Å². The zero-order chi connectivity index (χ0) is 10.4. The molecule has 76 valence electrons. The van der Waals surface area contributed by atoms with Crippen LogP contribution in [0.5, 0.6) is 0 Å². The number of aliphatic hydroxyl groups excluding tert-OH is 1. The molecule has 1 aromatic rings. The molecule has 0 saturated heterocycles. The van der Waals surface area contributed by atoms with Crippen molar-refractivity contribution in [3.05, 3.63) is 23.7 Å². The lowest BCUT2D eigenvalue weighted by Gasteiger charge is -2.07. The second-order valence-corrected chi connectivity index (χ2v) is 3.17. The van der Waals surface area contributed by atoms with Crippen LogP contribution in [0, 0.1) is 11.3 Å². The van der Waals surface area contributed by atoms with Gasteiger partial charge < -0.3 is 14.8 Å². The topological polar surface area (TPSA) is 69.2 Å². The summed E-state index contributed by atoms with van der Waals surface area (Å²) in [6, 6.07) is 5.80. The molecule has 1 atom stereocenters. The zero-order valence-electron chi connectivity index (χ0n) is 8.16. The number of nitriles is 1. The highest BCUT2D eigenvalue weighted by Crippen LogP contribution is 2.07. The highest BCUT2D eigenvalue weighted by atomic mass is 16.4. The summed E-state index contributed by atoms with van der Waals surface area (Å²) in [6.45, 7) is 2.45. The van der Waals surface area contributed by atoms with Crippen LogP contribution >= 0.6 is 0 Å². The molecule has 0 aliphatic rings. The Morgan fingerprint density at radius 1 is 1.57 bits per heavy atom. The van der Waals surface area contributed by atoms with E-state index in [9.17, 15) is 0 Å². The van der Waals surface area contributed by atoms with Gasteiger partial charge in [0, 0.05) is 6.04 Å². The third-order valence-corrected chi connectivity index (χ3v) is 1.90. The number of rotatable bonds is 5. The van der Waals surface area contributed by atoms with Crippen molar-refractivity contribution < 1.29 is 9.52 Å². The maximum absolute atomic E-state index is 8.76. The van der Waals surface area contributed by atoms with Crippen LogP contribution in [0.2, 0.25) is 0 Å². The van der Waals surface area contributed by atoms with Crippen LogP contribution in [-0.2, 0) is 13.2 Å². The minimum Gasteiger partial charge on any atom is -0.462 e. The zero-order valence-corrected chi connectivity index (χ0v) is 8.16. The lowest BCUT2D eigenvalue weighted by atomic mass is 10.2. The fraction of sp³-hybridized carbons (Fsp3) is 0.500. The van der Waals surface area contributed by atoms with Crippen molar-refractivity contribution >= 4 is 0 Å². The second kappa shape index (κ2) is 5.43. The maximum atomic E-state index is 8.76. The van der Waals surface area contributed by atoms with Gasteiger partial charge in [-0.1, -0.05) is 0 Å². The van der Waals surface area contributed by atoms with E-state index in [2.05, 4.69) is 11.4 Å². The molecule has 0 amide bonds. The summed E-state index contributed by atoms with van der Waals surface area (Å²) in [6.07, 6.45) is 0.480. The summed E-state index contributed by atoms with van der Waals surface area (Å²) in [5, 5.41) is 20.3. The van der Waals surface area contributed by atoms with Gasteiger partial charge in [0.2, 0.25) is 0 Å². The molecular formula is C10H14N2O2. The minimum atomic E-state index is -0.0756. The molecule has 1 heterocycles. The average molecular weight is 194 g/mol. The summed E-state index contributed by atoms with van der Waals surface area (Å²) in [7, 11) is 0. The molecule has 0 aromatic carbocycles. The molecule has 0 aliphatic heterocycles. The van der Waals surface area contributed by atoms with E-state index < -0.39 is 0 Å². The molecule has 4 nitrogen and oxygen atoms in total. The molecule has 0 spiro atoms. The van der Waals surface area contributed by atoms with E-state index >= 15 is 0 Å². The summed E-state index contributed by atoms with van der Waals surface area (Å²) >= 11 is 0. The van der Waals surface area contributed by atoms with Gasteiger partial charge in [-0.3, -0.25) is 0 Å². The van der Waals surface area contributed by atoms with Crippen molar-refractivity contribution in [2.75, 3.05) is 0 Å². The highest BCUT2D eigenvalue weighted by molar-refractivity contribution is 5.06. The van der Waals surface area contributed by atoms with Crippen LogP contribution in [0.4, 0.5) is 0 Å². The number of aliphatic hydroxyl groups is 1. The van der Waals surface area contributed by atoms with Crippen LogP contribution in [0.3, 0.4) is 0 Å². The summed E-state index contributed by atoms with van der Waals surface area (Å²) in [5.74, 6) is 1.34. The molecule has 1 unspecified atom stereocenters. The first-order chi connectivity index (χ1) is 6.76. The van der Waals surface area contributed by atoms with Crippen LogP contribution < -0.4 is 5.32 Å². The van der Waals surface area contributed by atoms with Gasteiger partial charge in [-0.15, -0.1) is 0 Å². The molecule has 0 fully saturated rings. The Morgan fingerprint density at radius 3 is 2.86 bits per heavy atom. The molecule has 0 bridgehead atoms. The van der Waals surface area contributed by atoms with Crippen molar-refractivity contribution in [3.8, 4) is 6.07 Å². The maximum Gasteiger partial charge on any atom is 0.129 e. The Hall–Kier alpha value is -1.31. The van der Waals surface area contributed by atoms with Gasteiger partial charge in [0.1, 0.15) is 18.1 Å². The van der Waals surface area contributed by atoms with Crippen LogP contribution in [-0.4, -0.2) is 11.1 Å². The second-order valence-electron chi connectivity index (χ2n) is 3.17. The number of hydrogen-bond donors (Lipinski definition) is 2. The van der Waals surface area contributed by atoms with E-state index in [0.29, 0.717) is 18.7 Å². The Bertz CT molecular complexity index is 314. The quantitative estimate of drug-likeness (QED) is 0.738. The van der Waals surface area contributed by atoms with E-state index in [0.717, 1.165) is 5.76 Å². The third kappa shape index (κ3) is 3.21. The van der Waals surface area contributed by atoms with Crippen molar-refractivity contribution in [2.24, 2.45) is 0 Å². The first-order valence-corrected chi connectivity index (χ1v) is 4.55. The third-order valence-electron chi connectivity index (χ3n) is 1.90. The van der Waals surface area contributed by atoms with Gasteiger partial charge in [-0.25, -0.2) is 0 Å². The van der Waals surface area contributed by atoms with Gasteiger partial charge in [0.25, 0.3) is 0 Å². The van der Waals surface area contributed by atoms with Gasteiger partial charge in [0.15, 0.2) is 0 Å². The van der Waals surface area contributed by atoms with Gasteiger partial charge in [0.05, 0.1) is 19.0 Å². The van der Waals surface area contributed by atoms with Gasteiger partial charge in [-0.05, 0) is 19.1 Å².